The lowest BCUT2D eigenvalue weighted by atomic mass is 10.2. The molecule has 0 spiro atoms. The monoisotopic (exact) mass is 335 g/mol. The van der Waals surface area contributed by atoms with Gasteiger partial charge >= 0.3 is 0 Å². The Hall–Kier alpha value is -2.17. The molecule has 0 aliphatic rings. The van der Waals surface area contributed by atoms with Gasteiger partial charge in [0.2, 0.25) is 0 Å². The quantitative estimate of drug-likeness (QED) is 0.746. The van der Waals surface area contributed by atoms with Crippen LogP contribution >= 0.6 is 23.2 Å². The lowest BCUT2D eigenvalue weighted by Gasteiger charge is -2.02. The Morgan fingerprint density at radius 2 is 2.00 bits per heavy atom. The smallest absolute Gasteiger partial charge is 0.287 e. The van der Waals surface area contributed by atoms with E-state index < -0.39 is 0 Å². The minimum atomic E-state index is -0.326. The molecule has 0 fully saturated rings. The molecule has 1 aromatic carbocycles. The molecule has 4 nitrogen and oxygen atoms in total. The summed E-state index contributed by atoms with van der Waals surface area (Å²) in [5.74, 6) is 1.05. The molecule has 112 valence electrons. The van der Waals surface area contributed by atoms with Crippen LogP contribution in [0.3, 0.4) is 0 Å². The van der Waals surface area contributed by atoms with Crippen molar-refractivity contribution in [3.63, 3.8) is 0 Å². The van der Waals surface area contributed by atoms with Gasteiger partial charge in [-0.1, -0.05) is 23.2 Å². The summed E-state index contributed by atoms with van der Waals surface area (Å²) in [5, 5.41) is 3.71. The molecule has 0 atom stereocenters. The van der Waals surface area contributed by atoms with E-state index in [2.05, 4.69) is 5.32 Å². The summed E-state index contributed by atoms with van der Waals surface area (Å²) in [6, 6.07) is 11.9. The third-order valence-electron chi connectivity index (χ3n) is 3.03. The number of halogens is 2. The van der Waals surface area contributed by atoms with Gasteiger partial charge in [0.05, 0.1) is 17.8 Å². The van der Waals surface area contributed by atoms with E-state index in [-0.39, 0.29) is 11.7 Å². The molecule has 3 rings (SSSR count). The van der Waals surface area contributed by atoms with E-state index in [1.165, 1.54) is 0 Å². The van der Waals surface area contributed by atoms with Gasteiger partial charge in [0, 0.05) is 10.6 Å². The fourth-order valence-electron chi connectivity index (χ4n) is 1.96. The van der Waals surface area contributed by atoms with Crippen LogP contribution in [-0.2, 0) is 6.54 Å². The summed E-state index contributed by atoms with van der Waals surface area (Å²) < 4.78 is 10.7. The van der Waals surface area contributed by atoms with Crippen LogP contribution in [0.25, 0.3) is 11.3 Å². The summed E-state index contributed by atoms with van der Waals surface area (Å²) in [4.78, 5) is 12.0. The molecule has 0 aliphatic heterocycles. The summed E-state index contributed by atoms with van der Waals surface area (Å²) in [6.07, 6.45) is 1.55. The van der Waals surface area contributed by atoms with Gasteiger partial charge in [0.15, 0.2) is 5.76 Å². The van der Waals surface area contributed by atoms with E-state index >= 15 is 0 Å². The van der Waals surface area contributed by atoms with Crippen LogP contribution in [0, 0.1) is 0 Å². The van der Waals surface area contributed by atoms with Crippen molar-refractivity contribution in [3.8, 4) is 11.3 Å². The van der Waals surface area contributed by atoms with Crippen molar-refractivity contribution in [2.75, 3.05) is 0 Å². The Kier molecular flexibility index (Phi) is 4.22. The average Bonchev–Trinajstić information content (AvgIpc) is 3.16. The van der Waals surface area contributed by atoms with Gasteiger partial charge in [-0.25, -0.2) is 0 Å². The van der Waals surface area contributed by atoms with E-state index in [0.29, 0.717) is 33.7 Å². The van der Waals surface area contributed by atoms with Gasteiger partial charge in [0.25, 0.3) is 5.91 Å². The van der Waals surface area contributed by atoms with Crippen LogP contribution in [0.5, 0.6) is 0 Å². The van der Waals surface area contributed by atoms with Crippen molar-refractivity contribution < 1.29 is 13.6 Å². The second kappa shape index (κ2) is 6.30. The van der Waals surface area contributed by atoms with Gasteiger partial charge in [0.1, 0.15) is 11.5 Å². The minimum Gasteiger partial charge on any atom is -0.467 e. The van der Waals surface area contributed by atoms with Gasteiger partial charge in [-0.15, -0.1) is 0 Å². The molecule has 2 aromatic heterocycles. The first-order valence-corrected chi connectivity index (χ1v) is 7.25. The maximum atomic E-state index is 12.0. The number of hydrogen-bond donors (Lipinski definition) is 1. The fraction of sp³-hybridized carbons (Fsp3) is 0.0625. The fourth-order valence-corrected chi connectivity index (χ4v) is 2.46. The molecule has 22 heavy (non-hydrogen) atoms. The molecule has 6 heteroatoms. The molecule has 0 saturated heterocycles. The Bertz CT molecular complexity index is 794. The third kappa shape index (κ3) is 3.18. The standard InChI is InChI=1S/C16H11Cl2NO3/c17-10-3-4-12(13(18)8-10)14-5-6-15(22-14)16(20)19-9-11-2-1-7-21-11/h1-8H,9H2,(H,19,20). The SMILES string of the molecule is O=C(NCc1ccco1)c1ccc(-c2ccc(Cl)cc2Cl)o1. The normalized spacial score (nSPS) is 10.6. The van der Waals surface area contributed by atoms with Crippen molar-refractivity contribution in [2.45, 2.75) is 6.54 Å². The molecule has 0 aliphatic carbocycles. The summed E-state index contributed by atoms with van der Waals surface area (Å²) in [5.41, 5.74) is 0.677. The second-order valence-corrected chi connectivity index (χ2v) is 5.39. The number of nitrogens with one attached hydrogen (secondary N) is 1. The lowest BCUT2D eigenvalue weighted by Crippen LogP contribution is -2.21. The van der Waals surface area contributed by atoms with Crippen LogP contribution in [-0.4, -0.2) is 5.91 Å². The van der Waals surface area contributed by atoms with Crippen molar-refractivity contribution in [3.05, 3.63) is 70.3 Å². The number of carbonyl (C=O) groups excluding carboxylic acids is 1. The Labute approximate surface area is 136 Å². The predicted octanol–water partition coefficient (Wildman–Crippen LogP) is 4.78. The van der Waals surface area contributed by atoms with Gasteiger partial charge < -0.3 is 14.2 Å². The highest BCUT2D eigenvalue weighted by molar-refractivity contribution is 6.36. The molecule has 3 aromatic rings. The first kappa shape index (κ1) is 14.8. The predicted molar refractivity (Wildman–Crippen MR) is 84.0 cm³/mol. The third-order valence-corrected chi connectivity index (χ3v) is 3.58. The van der Waals surface area contributed by atoms with Crippen LogP contribution in [0.2, 0.25) is 10.0 Å². The maximum Gasteiger partial charge on any atom is 0.287 e. The van der Waals surface area contributed by atoms with Crippen molar-refractivity contribution in [1.82, 2.24) is 5.32 Å². The van der Waals surface area contributed by atoms with Crippen LogP contribution in [0.1, 0.15) is 16.3 Å². The zero-order chi connectivity index (χ0) is 15.5. The summed E-state index contributed by atoms with van der Waals surface area (Å²) in [7, 11) is 0. The topological polar surface area (TPSA) is 55.4 Å². The van der Waals surface area contributed by atoms with Crippen LogP contribution < -0.4 is 5.32 Å². The first-order chi connectivity index (χ1) is 10.6. The molecular formula is C16H11Cl2NO3. The number of hydrogen-bond acceptors (Lipinski definition) is 3. The van der Waals surface area contributed by atoms with E-state index in [9.17, 15) is 4.79 Å². The largest absolute Gasteiger partial charge is 0.467 e. The molecule has 0 radical (unpaired) electrons. The van der Waals surface area contributed by atoms with Crippen LogP contribution in [0.15, 0.2) is 57.6 Å². The Morgan fingerprint density at radius 1 is 1.14 bits per heavy atom. The molecule has 1 N–H and O–H groups in total. The highest BCUT2D eigenvalue weighted by atomic mass is 35.5. The van der Waals surface area contributed by atoms with Crippen molar-refractivity contribution in [1.29, 1.82) is 0 Å². The summed E-state index contributed by atoms with van der Waals surface area (Å²) in [6.45, 7) is 0.295. The average molecular weight is 336 g/mol. The maximum absolute atomic E-state index is 12.0. The minimum absolute atomic E-state index is 0.201. The Morgan fingerprint density at radius 3 is 2.73 bits per heavy atom. The molecule has 0 unspecified atom stereocenters. The number of carbonyl (C=O) groups is 1. The number of amides is 1. The van der Waals surface area contributed by atoms with Gasteiger partial charge in [-0.05, 0) is 42.5 Å². The highest BCUT2D eigenvalue weighted by Gasteiger charge is 2.14. The van der Waals surface area contributed by atoms with Crippen LogP contribution in [0.4, 0.5) is 0 Å². The molecule has 0 bridgehead atoms. The zero-order valence-corrected chi connectivity index (χ0v) is 12.8. The van der Waals surface area contributed by atoms with E-state index in [4.69, 9.17) is 32.0 Å². The van der Waals surface area contributed by atoms with E-state index in [0.717, 1.165) is 0 Å². The van der Waals surface area contributed by atoms with Gasteiger partial charge in [-0.3, -0.25) is 4.79 Å². The van der Waals surface area contributed by atoms with Crippen molar-refractivity contribution in [2.24, 2.45) is 0 Å². The highest BCUT2D eigenvalue weighted by Crippen LogP contribution is 2.31. The van der Waals surface area contributed by atoms with Crippen molar-refractivity contribution >= 4 is 29.1 Å². The second-order valence-electron chi connectivity index (χ2n) is 4.55. The lowest BCUT2D eigenvalue weighted by molar-refractivity contribution is 0.0921. The number of rotatable bonds is 4. The molecule has 2 heterocycles. The van der Waals surface area contributed by atoms with E-state index in [1.54, 1.807) is 48.7 Å². The van der Waals surface area contributed by atoms with E-state index in [1.807, 2.05) is 0 Å². The molecule has 1 amide bonds. The molecular weight excluding hydrogens is 325 g/mol. The number of furan rings is 2. The summed E-state index contributed by atoms with van der Waals surface area (Å²) >= 11 is 12.0. The first-order valence-electron chi connectivity index (χ1n) is 6.49. The van der Waals surface area contributed by atoms with Gasteiger partial charge in [-0.2, -0.15) is 0 Å². The molecule has 0 saturated carbocycles. The zero-order valence-electron chi connectivity index (χ0n) is 11.3. The number of benzene rings is 1. The Balaban J connectivity index is 1.74.